The molecule has 1 heterocycles. The van der Waals surface area contributed by atoms with Gasteiger partial charge in [0, 0.05) is 12.6 Å². The lowest BCUT2D eigenvalue weighted by atomic mass is 9.94. The van der Waals surface area contributed by atoms with E-state index in [1.807, 2.05) is 0 Å². The van der Waals surface area contributed by atoms with Gasteiger partial charge in [-0.15, -0.1) is 0 Å². The van der Waals surface area contributed by atoms with Crippen molar-refractivity contribution in [2.75, 3.05) is 13.1 Å². The van der Waals surface area contributed by atoms with Crippen LogP contribution >= 0.6 is 0 Å². The van der Waals surface area contributed by atoms with Gasteiger partial charge in [0.2, 0.25) is 0 Å². The molecule has 0 bridgehead atoms. The summed E-state index contributed by atoms with van der Waals surface area (Å²) in [6, 6.07) is 0.939. The predicted molar refractivity (Wildman–Crippen MR) is 56.5 cm³/mol. The second kappa shape index (κ2) is 4.45. The van der Waals surface area contributed by atoms with Crippen LogP contribution in [0.15, 0.2) is 0 Å². The van der Waals surface area contributed by atoms with Crippen LogP contribution < -0.4 is 0 Å². The van der Waals surface area contributed by atoms with Crippen LogP contribution in [0.25, 0.3) is 0 Å². The molecule has 13 heavy (non-hydrogen) atoms. The molecule has 1 aliphatic heterocycles. The van der Waals surface area contributed by atoms with E-state index in [1.54, 1.807) is 0 Å². The highest BCUT2D eigenvalue weighted by molar-refractivity contribution is 4.82. The van der Waals surface area contributed by atoms with E-state index in [9.17, 15) is 0 Å². The minimum absolute atomic E-state index is 0.898. The van der Waals surface area contributed by atoms with E-state index in [0.717, 1.165) is 18.4 Å². The number of rotatable bonds is 2. The molecule has 1 unspecified atom stereocenters. The topological polar surface area (TPSA) is 3.24 Å². The van der Waals surface area contributed by atoms with Crippen molar-refractivity contribution in [3.63, 3.8) is 0 Å². The fourth-order valence-electron chi connectivity index (χ4n) is 2.93. The van der Waals surface area contributed by atoms with Crippen molar-refractivity contribution >= 4 is 0 Å². The Morgan fingerprint density at radius 2 is 1.85 bits per heavy atom. The van der Waals surface area contributed by atoms with Crippen molar-refractivity contribution in [2.24, 2.45) is 5.92 Å². The molecule has 1 saturated carbocycles. The molecule has 1 nitrogen and oxygen atoms in total. The maximum atomic E-state index is 4.04. The fourth-order valence-corrected chi connectivity index (χ4v) is 2.93. The van der Waals surface area contributed by atoms with Crippen molar-refractivity contribution in [1.29, 1.82) is 0 Å². The Bertz CT molecular complexity index is 149. The van der Waals surface area contributed by atoms with Crippen LogP contribution in [0.3, 0.4) is 0 Å². The molecular formula is C12H22N. The third-order valence-corrected chi connectivity index (χ3v) is 3.80. The standard InChI is InChI=1S/C12H22N/c1-2-11-6-5-9-13(10-11)12-7-3-4-8-12/h11-12H,1-10H2. The van der Waals surface area contributed by atoms with Gasteiger partial charge in [0.25, 0.3) is 0 Å². The number of likely N-dealkylation sites (tertiary alicyclic amines) is 1. The van der Waals surface area contributed by atoms with Crippen molar-refractivity contribution in [3.05, 3.63) is 6.92 Å². The summed E-state index contributed by atoms with van der Waals surface area (Å²) in [6.45, 7) is 6.75. The maximum Gasteiger partial charge on any atom is 0.00953 e. The van der Waals surface area contributed by atoms with E-state index < -0.39 is 0 Å². The Labute approximate surface area is 82.5 Å². The molecule has 0 aromatic carbocycles. The van der Waals surface area contributed by atoms with Crippen molar-refractivity contribution < 1.29 is 0 Å². The molecule has 1 radical (unpaired) electrons. The van der Waals surface area contributed by atoms with E-state index in [4.69, 9.17) is 0 Å². The summed E-state index contributed by atoms with van der Waals surface area (Å²) in [5.41, 5.74) is 0. The third kappa shape index (κ3) is 2.25. The van der Waals surface area contributed by atoms with Crippen LogP contribution in [0.1, 0.15) is 44.9 Å². The Kier molecular flexibility index (Phi) is 3.26. The zero-order valence-corrected chi connectivity index (χ0v) is 8.67. The minimum Gasteiger partial charge on any atom is -0.300 e. The van der Waals surface area contributed by atoms with Crippen LogP contribution in [0, 0.1) is 12.8 Å². The monoisotopic (exact) mass is 180 g/mol. The van der Waals surface area contributed by atoms with Gasteiger partial charge >= 0.3 is 0 Å². The largest absolute Gasteiger partial charge is 0.300 e. The van der Waals surface area contributed by atoms with Gasteiger partial charge in [-0.25, -0.2) is 0 Å². The summed E-state index contributed by atoms with van der Waals surface area (Å²) < 4.78 is 0. The number of nitrogens with zero attached hydrogens (tertiary/aromatic N) is 1. The number of piperidine rings is 1. The molecule has 75 valence electrons. The van der Waals surface area contributed by atoms with Crippen molar-refractivity contribution in [1.82, 2.24) is 4.90 Å². The SMILES string of the molecule is [CH2]CC1CCCN(C2CCCC2)C1. The molecule has 2 aliphatic rings. The summed E-state index contributed by atoms with van der Waals surface area (Å²) in [6.07, 6.45) is 9.84. The lowest BCUT2D eigenvalue weighted by Gasteiger charge is -2.36. The Morgan fingerprint density at radius 1 is 1.08 bits per heavy atom. The molecule has 2 fully saturated rings. The summed E-state index contributed by atoms with van der Waals surface area (Å²) in [4.78, 5) is 2.74. The van der Waals surface area contributed by atoms with Gasteiger partial charge in [0.1, 0.15) is 0 Å². The molecule has 2 rings (SSSR count). The van der Waals surface area contributed by atoms with E-state index in [0.29, 0.717) is 0 Å². The average molecular weight is 180 g/mol. The van der Waals surface area contributed by atoms with Crippen molar-refractivity contribution in [3.8, 4) is 0 Å². The van der Waals surface area contributed by atoms with Gasteiger partial charge in [-0.2, -0.15) is 0 Å². The molecule has 1 aliphatic carbocycles. The quantitative estimate of drug-likeness (QED) is 0.631. The van der Waals surface area contributed by atoms with Gasteiger partial charge in [-0.1, -0.05) is 19.8 Å². The van der Waals surface area contributed by atoms with Crippen LogP contribution in [0.2, 0.25) is 0 Å². The van der Waals surface area contributed by atoms with Crippen LogP contribution in [-0.4, -0.2) is 24.0 Å². The van der Waals surface area contributed by atoms with Gasteiger partial charge < -0.3 is 4.90 Å². The first-order valence-corrected chi connectivity index (χ1v) is 5.93. The normalized spacial score (nSPS) is 32.5. The Balaban J connectivity index is 1.84. The fraction of sp³-hybridized carbons (Fsp3) is 0.917. The Morgan fingerprint density at radius 3 is 2.54 bits per heavy atom. The van der Waals surface area contributed by atoms with Gasteiger partial charge in [0.15, 0.2) is 0 Å². The van der Waals surface area contributed by atoms with Crippen molar-refractivity contribution in [2.45, 2.75) is 51.0 Å². The van der Waals surface area contributed by atoms with E-state index in [-0.39, 0.29) is 0 Å². The molecule has 0 aromatic heterocycles. The summed E-state index contributed by atoms with van der Waals surface area (Å²) in [5, 5.41) is 0. The molecule has 1 atom stereocenters. The average Bonchev–Trinajstić information content (AvgIpc) is 2.71. The van der Waals surface area contributed by atoms with E-state index >= 15 is 0 Å². The first-order valence-electron chi connectivity index (χ1n) is 5.93. The highest BCUT2D eigenvalue weighted by Gasteiger charge is 2.26. The third-order valence-electron chi connectivity index (χ3n) is 3.80. The minimum atomic E-state index is 0.898. The van der Waals surface area contributed by atoms with Gasteiger partial charge in [-0.05, 0) is 44.6 Å². The van der Waals surface area contributed by atoms with Gasteiger partial charge in [0.05, 0.1) is 0 Å². The molecule has 0 N–H and O–H groups in total. The highest BCUT2D eigenvalue weighted by Crippen LogP contribution is 2.28. The number of hydrogen-bond acceptors (Lipinski definition) is 1. The molecule has 0 amide bonds. The molecule has 1 saturated heterocycles. The lowest BCUT2D eigenvalue weighted by molar-refractivity contribution is 0.125. The summed E-state index contributed by atoms with van der Waals surface area (Å²) >= 11 is 0. The first kappa shape index (κ1) is 9.51. The summed E-state index contributed by atoms with van der Waals surface area (Å²) in [5.74, 6) is 0.898. The predicted octanol–water partition coefficient (Wildman–Crippen LogP) is 2.87. The maximum absolute atomic E-state index is 4.04. The van der Waals surface area contributed by atoms with Crippen LogP contribution in [0.4, 0.5) is 0 Å². The van der Waals surface area contributed by atoms with E-state index in [1.165, 1.54) is 51.6 Å². The highest BCUT2D eigenvalue weighted by atomic mass is 15.2. The lowest BCUT2D eigenvalue weighted by Crippen LogP contribution is -2.41. The molecule has 1 heteroatoms. The van der Waals surface area contributed by atoms with E-state index in [2.05, 4.69) is 11.8 Å². The smallest absolute Gasteiger partial charge is 0.00953 e. The second-order valence-electron chi connectivity index (χ2n) is 4.73. The molecule has 0 spiro atoms. The Hall–Kier alpha value is -0.0400. The zero-order chi connectivity index (χ0) is 9.10. The molecular weight excluding hydrogens is 158 g/mol. The zero-order valence-electron chi connectivity index (χ0n) is 8.67. The number of hydrogen-bond donors (Lipinski definition) is 0. The van der Waals surface area contributed by atoms with Crippen LogP contribution in [-0.2, 0) is 0 Å². The van der Waals surface area contributed by atoms with Crippen LogP contribution in [0.5, 0.6) is 0 Å². The first-order chi connectivity index (χ1) is 6.40. The summed E-state index contributed by atoms with van der Waals surface area (Å²) in [7, 11) is 0. The second-order valence-corrected chi connectivity index (χ2v) is 4.73. The van der Waals surface area contributed by atoms with Gasteiger partial charge in [-0.3, -0.25) is 0 Å². The molecule has 0 aromatic rings.